The Balaban J connectivity index is 1.30. The van der Waals surface area contributed by atoms with Crippen LogP contribution in [0.3, 0.4) is 0 Å². The van der Waals surface area contributed by atoms with Gasteiger partial charge in [-0.3, -0.25) is 4.79 Å². The highest BCUT2D eigenvalue weighted by molar-refractivity contribution is 6.32. The van der Waals surface area contributed by atoms with Crippen LogP contribution in [0.4, 0.5) is 0 Å². The van der Waals surface area contributed by atoms with Gasteiger partial charge in [-0.25, -0.2) is 4.79 Å². The summed E-state index contributed by atoms with van der Waals surface area (Å²) in [4.78, 5) is 26.2. The quantitative estimate of drug-likeness (QED) is 0.670. The molecule has 0 saturated carbocycles. The molecule has 2 aromatic carbocycles. The Kier molecular flexibility index (Phi) is 5.85. The van der Waals surface area contributed by atoms with Crippen molar-refractivity contribution in [3.05, 3.63) is 47.0 Å². The summed E-state index contributed by atoms with van der Waals surface area (Å²) >= 11 is 6.14. The number of esters is 1. The van der Waals surface area contributed by atoms with Crippen LogP contribution in [-0.4, -0.2) is 62.9 Å². The van der Waals surface area contributed by atoms with Crippen LogP contribution < -0.4 is 18.9 Å². The topological polar surface area (TPSA) is 83.5 Å². The molecule has 0 bridgehead atoms. The standard InChI is InChI=1S/C21H20ClNO7/c1-23(10-14-11-28-16-4-2-3-5-17(16)30-14)19(24)12-29-21(25)13-8-15(22)20-18(9-13)26-6-7-27-20/h2-5,8-9,14H,6-7,10-12H2,1H3. The number of rotatable bonds is 5. The Bertz CT molecular complexity index is 964. The van der Waals surface area contributed by atoms with E-state index in [1.54, 1.807) is 7.05 Å². The first-order chi connectivity index (χ1) is 14.5. The largest absolute Gasteiger partial charge is 0.486 e. The molecule has 0 aromatic heterocycles. The molecule has 0 radical (unpaired) electrons. The van der Waals surface area contributed by atoms with Crippen LogP contribution in [0, 0.1) is 0 Å². The molecular weight excluding hydrogens is 414 g/mol. The average Bonchev–Trinajstić information content (AvgIpc) is 2.77. The Hall–Kier alpha value is -3.13. The number of halogens is 1. The summed E-state index contributed by atoms with van der Waals surface area (Å²) in [6.07, 6.45) is -0.318. The van der Waals surface area contributed by atoms with E-state index in [1.165, 1.54) is 17.0 Å². The Morgan fingerprint density at radius 2 is 1.87 bits per heavy atom. The summed E-state index contributed by atoms with van der Waals surface area (Å²) in [5, 5.41) is 0.248. The van der Waals surface area contributed by atoms with E-state index in [1.807, 2.05) is 24.3 Å². The Morgan fingerprint density at radius 1 is 1.10 bits per heavy atom. The van der Waals surface area contributed by atoms with Crippen LogP contribution in [0.25, 0.3) is 0 Å². The molecular formula is C21H20ClNO7. The predicted molar refractivity (Wildman–Crippen MR) is 107 cm³/mol. The number of nitrogens with zero attached hydrogens (tertiary/aromatic N) is 1. The zero-order valence-electron chi connectivity index (χ0n) is 16.3. The molecule has 2 heterocycles. The minimum absolute atomic E-state index is 0.181. The van der Waals surface area contributed by atoms with Crippen LogP contribution in [0.1, 0.15) is 10.4 Å². The molecule has 1 atom stereocenters. The van der Waals surface area contributed by atoms with Gasteiger partial charge in [0.15, 0.2) is 35.7 Å². The second-order valence-corrected chi connectivity index (χ2v) is 7.24. The number of ether oxygens (including phenoxy) is 5. The highest BCUT2D eigenvalue weighted by Gasteiger charge is 2.25. The predicted octanol–water partition coefficient (Wildman–Crippen LogP) is 2.57. The van der Waals surface area contributed by atoms with Gasteiger partial charge >= 0.3 is 5.97 Å². The fourth-order valence-electron chi connectivity index (χ4n) is 3.11. The number of carbonyl (C=O) groups is 2. The summed E-state index contributed by atoms with van der Waals surface area (Å²) in [5.74, 6) is 1.04. The molecule has 4 rings (SSSR count). The maximum Gasteiger partial charge on any atom is 0.338 e. The number of hydrogen-bond acceptors (Lipinski definition) is 7. The van der Waals surface area contributed by atoms with Crippen molar-refractivity contribution in [2.24, 2.45) is 0 Å². The highest BCUT2D eigenvalue weighted by atomic mass is 35.5. The van der Waals surface area contributed by atoms with E-state index in [2.05, 4.69) is 0 Å². The van der Waals surface area contributed by atoms with E-state index >= 15 is 0 Å². The molecule has 0 N–H and O–H groups in total. The van der Waals surface area contributed by atoms with Gasteiger partial charge in [-0.2, -0.15) is 0 Å². The normalized spacial score (nSPS) is 16.5. The van der Waals surface area contributed by atoms with E-state index in [9.17, 15) is 9.59 Å². The lowest BCUT2D eigenvalue weighted by molar-refractivity contribution is -0.134. The monoisotopic (exact) mass is 433 g/mol. The summed E-state index contributed by atoms with van der Waals surface area (Å²) in [7, 11) is 1.61. The Morgan fingerprint density at radius 3 is 2.70 bits per heavy atom. The summed E-state index contributed by atoms with van der Waals surface area (Å²) in [6, 6.07) is 10.3. The number of fused-ring (bicyclic) bond motifs is 2. The molecule has 0 spiro atoms. The summed E-state index contributed by atoms with van der Waals surface area (Å²) in [6.45, 7) is 0.956. The van der Waals surface area contributed by atoms with Crippen LogP contribution in [0.5, 0.6) is 23.0 Å². The van der Waals surface area contributed by atoms with Crippen molar-refractivity contribution in [3.8, 4) is 23.0 Å². The fourth-order valence-corrected chi connectivity index (χ4v) is 3.38. The van der Waals surface area contributed by atoms with E-state index < -0.39 is 12.6 Å². The van der Waals surface area contributed by atoms with E-state index in [-0.39, 0.29) is 22.6 Å². The van der Waals surface area contributed by atoms with Gasteiger partial charge in [-0.15, -0.1) is 0 Å². The molecule has 8 nitrogen and oxygen atoms in total. The van der Waals surface area contributed by atoms with Crippen LogP contribution in [0.2, 0.25) is 5.02 Å². The lowest BCUT2D eigenvalue weighted by Gasteiger charge is -2.29. The molecule has 0 fully saturated rings. The lowest BCUT2D eigenvalue weighted by Crippen LogP contribution is -2.43. The molecule has 0 saturated heterocycles. The minimum atomic E-state index is -0.679. The van der Waals surface area contributed by atoms with Gasteiger partial charge in [0.25, 0.3) is 5.91 Å². The molecule has 2 aliphatic heterocycles. The third kappa shape index (κ3) is 4.38. The Labute approximate surface area is 178 Å². The van der Waals surface area contributed by atoms with Crippen molar-refractivity contribution in [2.45, 2.75) is 6.10 Å². The van der Waals surface area contributed by atoms with Crippen LogP contribution in [0.15, 0.2) is 36.4 Å². The third-order valence-corrected chi connectivity index (χ3v) is 4.91. The number of hydrogen-bond donors (Lipinski definition) is 0. The van der Waals surface area contributed by atoms with Crippen LogP contribution >= 0.6 is 11.6 Å². The lowest BCUT2D eigenvalue weighted by atomic mass is 10.2. The molecule has 2 aromatic rings. The van der Waals surface area contributed by atoms with E-state index in [0.29, 0.717) is 49.4 Å². The zero-order chi connectivity index (χ0) is 21.1. The number of amides is 1. The number of benzene rings is 2. The van der Waals surface area contributed by atoms with Gasteiger partial charge in [-0.1, -0.05) is 23.7 Å². The zero-order valence-corrected chi connectivity index (χ0v) is 17.0. The maximum absolute atomic E-state index is 12.4. The van der Waals surface area contributed by atoms with Crippen LogP contribution in [-0.2, 0) is 9.53 Å². The van der Waals surface area contributed by atoms with Crippen molar-refractivity contribution in [1.29, 1.82) is 0 Å². The second-order valence-electron chi connectivity index (χ2n) is 6.83. The molecule has 2 aliphatic rings. The SMILES string of the molecule is CN(CC1COc2ccccc2O1)C(=O)COC(=O)c1cc(Cl)c2c(c1)OCCO2. The van der Waals surface area contributed by atoms with Gasteiger partial charge in [0.1, 0.15) is 19.8 Å². The maximum atomic E-state index is 12.4. The molecule has 1 unspecified atom stereocenters. The van der Waals surface area contributed by atoms with Crippen molar-refractivity contribution in [2.75, 3.05) is 40.0 Å². The van der Waals surface area contributed by atoms with Crippen molar-refractivity contribution < 1.29 is 33.3 Å². The van der Waals surface area contributed by atoms with Crippen molar-refractivity contribution in [1.82, 2.24) is 4.90 Å². The fraction of sp³-hybridized carbons (Fsp3) is 0.333. The van der Waals surface area contributed by atoms with Gasteiger partial charge in [0.2, 0.25) is 0 Å². The molecule has 1 amide bonds. The summed E-state index contributed by atoms with van der Waals surface area (Å²) < 4.78 is 27.5. The smallest absolute Gasteiger partial charge is 0.338 e. The van der Waals surface area contributed by atoms with Crippen molar-refractivity contribution >= 4 is 23.5 Å². The molecule has 30 heavy (non-hydrogen) atoms. The number of likely N-dealkylation sites (N-methyl/N-ethyl adjacent to an activating group) is 1. The number of para-hydroxylation sites is 2. The van der Waals surface area contributed by atoms with E-state index in [0.717, 1.165) is 0 Å². The minimum Gasteiger partial charge on any atom is -0.486 e. The van der Waals surface area contributed by atoms with Gasteiger partial charge in [0, 0.05) is 7.05 Å². The highest BCUT2D eigenvalue weighted by Crippen LogP contribution is 2.38. The van der Waals surface area contributed by atoms with Gasteiger partial charge in [0.05, 0.1) is 17.1 Å². The third-order valence-electron chi connectivity index (χ3n) is 4.63. The molecule has 0 aliphatic carbocycles. The van der Waals surface area contributed by atoms with Gasteiger partial charge < -0.3 is 28.6 Å². The van der Waals surface area contributed by atoms with Crippen molar-refractivity contribution in [3.63, 3.8) is 0 Å². The number of carbonyl (C=O) groups excluding carboxylic acids is 2. The first-order valence-electron chi connectivity index (χ1n) is 9.40. The van der Waals surface area contributed by atoms with Gasteiger partial charge in [-0.05, 0) is 24.3 Å². The average molecular weight is 434 g/mol. The first kappa shape index (κ1) is 20.2. The first-order valence-corrected chi connectivity index (χ1v) is 9.78. The second kappa shape index (κ2) is 8.71. The summed E-state index contributed by atoms with van der Waals surface area (Å²) in [5.41, 5.74) is 0.181. The van der Waals surface area contributed by atoms with E-state index in [4.69, 9.17) is 35.3 Å². The molecule has 9 heteroatoms. The molecule has 158 valence electrons.